The van der Waals surface area contributed by atoms with E-state index in [1.165, 1.54) is 21.3 Å². The van der Waals surface area contributed by atoms with E-state index in [4.69, 9.17) is 19.3 Å². The fourth-order valence-electron chi connectivity index (χ4n) is 3.77. The van der Waals surface area contributed by atoms with Gasteiger partial charge in [0.15, 0.2) is 11.5 Å². The molecule has 0 aliphatic heterocycles. The molecule has 4 aromatic rings. The van der Waals surface area contributed by atoms with Crippen molar-refractivity contribution in [1.82, 2.24) is 15.1 Å². The topological polar surface area (TPSA) is 74.6 Å². The summed E-state index contributed by atoms with van der Waals surface area (Å²) in [5.74, 6) is 1.03. The highest BCUT2D eigenvalue weighted by atomic mass is 16.5. The first-order valence-corrected chi connectivity index (χ1v) is 10.9. The number of benzene rings is 3. The van der Waals surface area contributed by atoms with Gasteiger partial charge in [-0.1, -0.05) is 60.7 Å². The number of ether oxygens (including phenoxy) is 3. The monoisotopic (exact) mass is 457 g/mol. The molecule has 7 nitrogen and oxygen atoms in total. The van der Waals surface area contributed by atoms with Crippen LogP contribution < -0.4 is 19.5 Å². The number of carbonyl (C=O) groups is 1. The molecule has 0 bridgehead atoms. The molecule has 0 aliphatic carbocycles. The quantitative estimate of drug-likeness (QED) is 0.399. The highest BCUT2D eigenvalue weighted by molar-refractivity contribution is 5.95. The van der Waals surface area contributed by atoms with Gasteiger partial charge in [0.25, 0.3) is 5.91 Å². The molecule has 1 aromatic heterocycles. The van der Waals surface area contributed by atoms with Crippen molar-refractivity contribution < 1.29 is 19.0 Å². The van der Waals surface area contributed by atoms with Crippen LogP contribution in [0.2, 0.25) is 0 Å². The molecule has 0 saturated carbocycles. The summed E-state index contributed by atoms with van der Waals surface area (Å²) >= 11 is 0. The Kier molecular flexibility index (Phi) is 7.13. The van der Waals surface area contributed by atoms with E-state index >= 15 is 0 Å². The molecule has 1 heterocycles. The molecule has 7 heteroatoms. The number of methoxy groups -OCH3 is 3. The molecular weight excluding hydrogens is 430 g/mol. The molecule has 0 atom stereocenters. The summed E-state index contributed by atoms with van der Waals surface area (Å²) in [5.41, 5.74) is 4.31. The van der Waals surface area contributed by atoms with Gasteiger partial charge in [-0.05, 0) is 17.7 Å². The number of amides is 1. The molecule has 1 amide bonds. The normalized spacial score (nSPS) is 10.6. The van der Waals surface area contributed by atoms with Crippen molar-refractivity contribution in [1.29, 1.82) is 0 Å². The van der Waals surface area contributed by atoms with Crippen LogP contribution in [0, 0.1) is 0 Å². The molecule has 34 heavy (non-hydrogen) atoms. The minimum absolute atomic E-state index is 0.255. The lowest BCUT2D eigenvalue weighted by Crippen LogP contribution is -2.23. The van der Waals surface area contributed by atoms with Gasteiger partial charge in [0.2, 0.25) is 5.75 Å². The minimum atomic E-state index is -0.255. The van der Waals surface area contributed by atoms with Gasteiger partial charge in [-0.15, -0.1) is 0 Å². The molecule has 0 fully saturated rings. The number of hydrogen-bond acceptors (Lipinski definition) is 5. The molecular formula is C27H27N3O4. The summed E-state index contributed by atoms with van der Waals surface area (Å²) in [5, 5.41) is 7.81. The summed E-state index contributed by atoms with van der Waals surface area (Å²) in [6.45, 7) is 0.954. The maximum Gasteiger partial charge on any atom is 0.251 e. The van der Waals surface area contributed by atoms with E-state index in [1.54, 1.807) is 12.1 Å². The molecule has 0 aliphatic rings. The summed E-state index contributed by atoms with van der Waals surface area (Å²) < 4.78 is 18.0. The largest absolute Gasteiger partial charge is 0.493 e. The number of carbonyl (C=O) groups excluding carboxylic acids is 1. The zero-order valence-corrected chi connectivity index (χ0v) is 19.4. The van der Waals surface area contributed by atoms with E-state index < -0.39 is 0 Å². The SMILES string of the molecule is COc1cc(C(=O)NCc2cn(Cc3ccccc3)nc2-c2ccccc2)cc(OC)c1OC. The average molecular weight is 458 g/mol. The van der Waals surface area contributed by atoms with Crippen molar-refractivity contribution >= 4 is 5.91 Å². The van der Waals surface area contributed by atoms with Gasteiger partial charge >= 0.3 is 0 Å². The summed E-state index contributed by atoms with van der Waals surface area (Å²) in [6, 6.07) is 23.4. The number of aromatic nitrogens is 2. The number of hydrogen-bond donors (Lipinski definition) is 1. The Morgan fingerprint density at radius 2 is 1.50 bits per heavy atom. The van der Waals surface area contributed by atoms with Crippen LogP contribution in [0.25, 0.3) is 11.3 Å². The maximum absolute atomic E-state index is 13.0. The minimum Gasteiger partial charge on any atom is -0.493 e. The van der Waals surface area contributed by atoms with E-state index in [-0.39, 0.29) is 5.91 Å². The highest BCUT2D eigenvalue weighted by Gasteiger charge is 2.18. The Balaban J connectivity index is 1.59. The van der Waals surface area contributed by atoms with E-state index in [0.717, 1.165) is 22.4 Å². The van der Waals surface area contributed by atoms with Crippen LogP contribution in [0.1, 0.15) is 21.5 Å². The molecule has 0 unspecified atom stereocenters. The van der Waals surface area contributed by atoms with Crippen LogP contribution in [0.5, 0.6) is 17.2 Å². The standard InChI is InChI=1S/C27H27N3O4/c1-32-23-14-21(15-24(33-2)26(23)34-3)27(31)28-16-22-18-30(17-19-10-6-4-7-11-19)29-25(22)20-12-8-5-9-13-20/h4-15,18H,16-17H2,1-3H3,(H,28,31). The fourth-order valence-corrected chi connectivity index (χ4v) is 3.77. The molecule has 0 spiro atoms. The molecule has 3 aromatic carbocycles. The maximum atomic E-state index is 13.0. The van der Waals surface area contributed by atoms with Gasteiger partial charge in [0.05, 0.1) is 33.6 Å². The zero-order valence-electron chi connectivity index (χ0n) is 19.4. The highest BCUT2D eigenvalue weighted by Crippen LogP contribution is 2.38. The number of rotatable bonds is 9. The van der Waals surface area contributed by atoms with Crippen molar-refractivity contribution in [2.24, 2.45) is 0 Å². The Hall–Kier alpha value is -4.26. The predicted octanol–water partition coefficient (Wildman–Crippen LogP) is 4.55. The van der Waals surface area contributed by atoms with Gasteiger partial charge in [-0.25, -0.2) is 0 Å². The molecule has 0 saturated heterocycles. The lowest BCUT2D eigenvalue weighted by atomic mass is 10.1. The number of nitrogens with zero attached hydrogens (tertiary/aromatic N) is 2. The molecule has 0 radical (unpaired) electrons. The predicted molar refractivity (Wildman–Crippen MR) is 130 cm³/mol. The summed E-state index contributed by atoms with van der Waals surface area (Å²) in [7, 11) is 4.57. The van der Waals surface area contributed by atoms with Crippen LogP contribution in [0.15, 0.2) is 79.0 Å². The smallest absolute Gasteiger partial charge is 0.251 e. The van der Waals surface area contributed by atoms with Crippen molar-refractivity contribution in [2.45, 2.75) is 13.1 Å². The van der Waals surface area contributed by atoms with Crippen molar-refractivity contribution in [3.63, 3.8) is 0 Å². The third-order valence-electron chi connectivity index (χ3n) is 5.44. The molecule has 4 rings (SSSR count). The van der Waals surface area contributed by atoms with Crippen LogP contribution >= 0.6 is 0 Å². The molecule has 1 N–H and O–H groups in total. The summed E-state index contributed by atoms with van der Waals surface area (Å²) in [6.07, 6.45) is 1.98. The van der Waals surface area contributed by atoms with E-state index in [0.29, 0.717) is 35.9 Å². The fraction of sp³-hybridized carbons (Fsp3) is 0.185. The van der Waals surface area contributed by atoms with Crippen molar-refractivity contribution in [2.75, 3.05) is 21.3 Å². The van der Waals surface area contributed by atoms with Crippen LogP contribution in [0.4, 0.5) is 0 Å². The zero-order chi connectivity index (χ0) is 23.9. The third-order valence-corrected chi connectivity index (χ3v) is 5.44. The van der Waals surface area contributed by atoms with Gasteiger partial charge in [-0.2, -0.15) is 5.10 Å². The van der Waals surface area contributed by atoms with E-state index in [9.17, 15) is 4.79 Å². The number of nitrogens with one attached hydrogen (secondary N) is 1. The van der Waals surface area contributed by atoms with E-state index in [2.05, 4.69) is 17.4 Å². The Labute approximate surface area is 198 Å². The van der Waals surface area contributed by atoms with Gasteiger partial charge in [0, 0.05) is 29.4 Å². The van der Waals surface area contributed by atoms with Crippen LogP contribution in [-0.4, -0.2) is 37.0 Å². The lowest BCUT2D eigenvalue weighted by Gasteiger charge is -2.14. The van der Waals surface area contributed by atoms with Crippen LogP contribution in [-0.2, 0) is 13.1 Å². The van der Waals surface area contributed by atoms with Crippen LogP contribution in [0.3, 0.4) is 0 Å². The van der Waals surface area contributed by atoms with Gasteiger partial charge in [0.1, 0.15) is 0 Å². The summed E-state index contributed by atoms with van der Waals surface area (Å²) in [4.78, 5) is 13.0. The second-order valence-corrected chi connectivity index (χ2v) is 7.65. The lowest BCUT2D eigenvalue weighted by molar-refractivity contribution is 0.0950. The average Bonchev–Trinajstić information content (AvgIpc) is 3.29. The first-order chi connectivity index (χ1) is 16.6. The van der Waals surface area contributed by atoms with Gasteiger partial charge in [-0.3, -0.25) is 9.48 Å². The Morgan fingerprint density at radius 3 is 2.09 bits per heavy atom. The third kappa shape index (κ3) is 5.04. The van der Waals surface area contributed by atoms with Gasteiger partial charge < -0.3 is 19.5 Å². The van der Waals surface area contributed by atoms with E-state index in [1.807, 2.05) is 59.4 Å². The van der Waals surface area contributed by atoms with Crippen molar-refractivity contribution in [3.8, 4) is 28.5 Å². The van der Waals surface area contributed by atoms with Crippen molar-refractivity contribution in [3.05, 3.63) is 95.7 Å². The first kappa shape index (κ1) is 22.9. The second-order valence-electron chi connectivity index (χ2n) is 7.65. The Bertz CT molecular complexity index is 1230. The molecule has 174 valence electrons. The first-order valence-electron chi connectivity index (χ1n) is 10.9. The Morgan fingerprint density at radius 1 is 0.882 bits per heavy atom. The second kappa shape index (κ2) is 10.6.